The lowest BCUT2D eigenvalue weighted by atomic mass is 10.1. The molecule has 1 aromatic carbocycles. The van der Waals surface area contributed by atoms with Crippen LogP contribution in [0.5, 0.6) is 5.75 Å². The number of nitrogens with two attached hydrogens (primary N) is 1. The van der Waals surface area contributed by atoms with Gasteiger partial charge in [0, 0.05) is 4.88 Å². The monoisotopic (exact) mass is 253 g/mol. The molecule has 0 amide bonds. The van der Waals surface area contributed by atoms with Crippen LogP contribution >= 0.6 is 22.9 Å². The van der Waals surface area contributed by atoms with Crippen molar-refractivity contribution in [2.45, 2.75) is 6.04 Å². The zero-order chi connectivity index (χ0) is 11.5. The Balaban J connectivity index is 2.34. The van der Waals surface area contributed by atoms with E-state index in [1.807, 2.05) is 35.7 Å². The van der Waals surface area contributed by atoms with Gasteiger partial charge in [-0.1, -0.05) is 23.7 Å². The maximum atomic E-state index is 6.15. The molecule has 0 aliphatic heterocycles. The summed E-state index contributed by atoms with van der Waals surface area (Å²) in [4.78, 5) is 1.13. The number of thiophene rings is 1. The van der Waals surface area contributed by atoms with Gasteiger partial charge in [-0.3, -0.25) is 0 Å². The first-order valence-corrected chi connectivity index (χ1v) is 6.10. The smallest absolute Gasteiger partial charge is 0.137 e. The van der Waals surface area contributed by atoms with Crippen molar-refractivity contribution in [1.82, 2.24) is 0 Å². The molecule has 1 aromatic heterocycles. The molecular weight excluding hydrogens is 242 g/mol. The molecule has 2 aromatic rings. The summed E-state index contributed by atoms with van der Waals surface area (Å²) in [5.74, 6) is 0.658. The van der Waals surface area contributed by atoms with E-state index in [9.17, 15) is 0 Å². The van der Waals surface area contributed by atoms with Crippen molar-refractivity contribution in [2.75, 3.05) is 7.11 Å². The molecule has 0 aliphatic rings. The molecular formula is C12H12ClNOS. The van der Waals surface area contributed by atoms with Gasteiger partial charge < -0.3 is 10.5 Å². The molecule has 1 atom stereocenters. The van der Waals surface area contributed by atoms with Crippen LogP contribution in [-0.2, 0) is 0 Å². The maximum absolute atomic E-state index is 6.15. The van der Waals surface area contributed by atoms with Crippen LogP contribution in [0.25, 0.3) is 0 Å². The molecule has 2 N–H and O–H groups in total. The second-order valence-electron chi connectivity index (χ2n) is 3.39. The summed E-state index contributed by atoms with van der Waals surface area (Å²) in [5, 5.41) is 2.62. The van der Waals surface area contributed by atoms with Gasteiger partial charge in [-0.2, -0.15) is 0 Å². The van der Waals surface area contributed by atoms with Crippen LogP contribution in [-0.4, -0.2) is 7.11 Å². The molecule has 2 nitrogen and oxygen atoms in total. The minimum Gasteiger partial charge on any atom is -0.495 e. The fourth-order valence-corrected chi connectivity index (χ4v) is 2.45. The molecule has 0 saturated heterocycles. The Labute approximate surface area is 104 Å². The molecule has 4 heteroatoms. The quantitative estimate of drug-likeness (QED) is 0.909. The molecule has 16 heavy (non-hydrogen) atoms. The Morgan fingerprint density at radius 3 is 2.81 bits per heavy atom. The molecule has 0 aliphatic carbocycles. The van der Waals surface area contributed by atoms with Gasteiger partial charge in [0.15, 0.2) is 0 Å². The van der Waals surface area contributed by atoms with Gasteiger partial charge in [-0.05, 0) is 29.1 Å². The standard InChI is InChI=1S/C12H12ClNOS/c1-15-10-7-8(4-5-9(10)13)12(14)11-3-2-6-16-11/h2-7,12H,14H2,1H3/t12-/m1/s1. The molecule has 0 radical (unpaired) electrons. The summed E-state index contributed by atoms with van der Waals surface area (Å²) in [7, 11) is 1.60. The van der Waals surface area contributed by atoms with Gasteiger partial charge in [-0.25, -0.2) is 0 Å². The number of hydrogen-bond donors (Lipinski definition) is 1. The highest BCUT2D eigenvalue weighted by molar-refractivity contribution is 7.10. The lowest BCUT2D eigenvalue weighted by Gasteiger charge is -2.12. The number of hydrogen-bond acceptors (Lipinski definition) is 3. The maximum Gasteiger partial charge on any atom is 0.137 e. The van der Waals surface area contributed by atoms with Crippen molar-refractivity contribution < 1.29 is 4.74 Å². The van der Waals surface area contributed by atoms with Crippen molar-refractivity contribution in [3.8, 4) is 5.75 Å². The number of rotatable bonds is 3. The van der Waals surface area contributed by atoms with E-state index < -0.39 is 0 Å². The molecule has 1 heterocycles. The summed E-state index contributed by atoms with van der Waals surface area (Å²) in [6, 6.07) is 9.51. The topological polar surface area (TPSA) is 35.2 Å². The summed E-state index contributed by atoms with van der Waals surface area (Å²) in [5.41, 5.74) is 7.15. The van der Waals surface area contributed by atoms with E-state index in [0.717, 1.165) is 10.4 Å². The lowest BCUT2D eigenvalue weighted by Crippen LogP contribution is -2.10. The normalized spacial score (nSPS) is 12.4. The molecule has 0 fully saturated rings. The van der Waals surface area contributed by atoms with Gasteiger partial charge >= 0.3 is 0 Å². The van der Waals surface area contributed by atoms with Crippen LogP contribution in [0.2, 0.25) is 5.02 Å². The first-order valence-electron chi connectivity index (χ1n) is 4.85. The molecule has 0 saturated carbocycles. The summed E-state index contributed by atoms with van der Waals surface area (Å²) < 4.78 is 5.17. The van der Waals surface area contributed by atoms with Gasteiger partial charge in [0.25, 0.3) is 0 Å². The van der Waals surface area contributed by atoms with Crippen LogP contribution in [0.1, 0.15) is 16.5 Å². The Hall–Kier alpha value is -1.03. The minimum atomic E-state index is -0.119. The van der Waals surface area contributed by atoms with E-state index in [1.54, 1.807) is 18.4 Å². The van der Waals surface area contributed by atoms with E-state index in [0.29, 0.717) is 10.8 Å². The highest BCUT2D eigenvalue weighted by atomic mass is 35.5. The van der Waals surface area contributed by atoms with Crippen molar-refractivity contribution >= 4 is 22.9 Å². The minimum absolute atomic E-state index is 0.119. The van der Waals surface area contributed by atoms with E-state index >= 15 is 0 Å². The van der Waals surface area contributed by atoms with Crippen LogP contribution in [0, 0.1) is 0 Å². The molecule has 0 unspecified atom stereocenters. The predicted molar refractivity (Wildman–Crippen MR) is 68.4 cm³/mol. The summed E-state index contributed by atoms with van der Waals surface area (Å²) in [6.45, 7) is 0. The van der Waals surface area contributed by atoms with Crippen molar-refractivity contribution in [1.29, 1.82) is 0 Å². The van der Waals surface area contributed by atoms with Crippen LogP contribution < -0.4 is 10.5 Å². The number of methoxy groups -OCH3 is 1. The Kier molecular flexibility index (Phi) is 3.49. The zero-order valence-corrected chi connectivity index (χ0v) is 10.4. The van der Waals surface area contributed by atoms with Gasteiger partial charge in [0.1, 0.15) is 5.75 Å². The summed E-state index contributed by atoms with van der Waals surface area (Å²) >= 11 is 7.61. The van der Waals surface area contributed by atoms with Crippen LogP contribution in [0.3, 0.4) is 0 Å². The first-order chi connectivity index (χ1) is 7.72. The van der Waals surface area contributed by atoms with Crippen LogP contribution in [0.4, 0.5) is 0 Å². The average Bonchev–Trinajstić information content (AvgIpc) is 2.82. The zero-order valence-electron chi connectivity index (χ0n) is 8.81. The molecule has 84 valence electrons. The highest BCUT2D eigenvalue weighted by Gasteiger charge is 2.11. The highest BCUT2D eigenvalue weighted by Crippen LogP contribution is 2.30. The summed E-state index contributed by atoms with van der Waals surface area (Å²) in [6.07, 6.45) is 0. The third-order valence-electron chi connectivity index (χ3n) is 2.38. The second-order valence-corrected chi connectivity index (χ2v) is 4.77. The number of benzene rings is 1. The van der Waals surface area contributed by atoms with E-state index in [2.05, 4.69) is 0 Å². The van der Waals surface area contributed by atoms with E-state index in [4.69, 9.17) is 22.1 Å². The largest absolute Gasteiger partial charge is 0.495 e. The van der Waals surface area contributed by atoms with Gasteiger partial charge in [0.05, 0.1) is 18.2 Å². The second kappa shape index (κ2) is 4.87. The van der Waals surface area contributed by atoms with E-state index in [-0.39, 0.29) is 6.04 Å². The van der Waals surface area contributed by atoms with Gasteiger partial charge in [-0.15, -0.1) is 11.3 Å². The third kappa shape index (κ3) is 2.21. The molecule has 0 spiro atoms. The van der Waals surface area contributed by atoms with Crippen LogP contribution in [0.15, 0.2) is 35.7 Å². The van der Waals surface area contributed by atoms with Crippen molar-refractivity contribution in [3.05, 3.63) is 51.2 Å². The fourth-order valence-electron chi connectivity index (χ4n) is 1.50. The van der Waals surface area contributed by atoms with Crippen molar-refractivity contribution in [3.63, 3.8) is 0 Å². The lowest BCUT2D eigenvalue weighted by molar-refractivity contribution is 0.414. The molecule has 2 rings (SSSR count). The number of halogens is 1. The average molecular weight is 254 g/mol. The molecule has 0 bridgehead atoms. The predicted octanol–water partition coefficient (Wildman–Crippen LogP) is 3.46. The SMILES string of the molecule is COc1cc([C@@H](N)c2cccs2)ccc1Cl. The third-order valence-corrected chi connectivity index (χ3v) is 3.65. The van der Waals surface area contributed by atoms with Crippen molar-refractivity contribution in [2.24, 2.45) is 5.73 Å². The van der Waals surface area contributed by atoms with Gasteiger partial charge in [0.2, 0.25) is 0 Å². The van der Waals surface area contributed by atoms with E-state index in [1.165, 1.54) is 0 Å². The number of ether oxygens (including phenoxy) is 1. The Bertz CT molecular complexity index is 470. The Morgan fingerprint density at radius 1 is 1.38 bits per heavy atom. The fraction of sp³-hybridized carbons (Fsp3) is 0.167. The first kappa shape index (κ1) is 11.5. The Morgan fingerprint density at radius 2 is 2.19 bits per heavy atom.